The maximum Gasteiger partial charge on any atom is 0.0991 e. The van der Waals surface area contributed by atoms with Gasteiger partial charge in [0.1, 0.15) is 0 Å². The van der Waals surface area contributed by atoms with E-state index in [1.54, 1.807) is 0 Å². The fourth-order valence-electron chi connectivity index (χ4n) is 2.75. The number of pyridine rings is 2. The van der Waals surface area contributed by atoms with Crippen LogP contribution in [-0.4, -0.2) is 14.4 Å². The predicted octanol–water partition coefficient (Wildman–Crippen LogP) is 4.37. The Hall–Kier alpha value is -2.94. The van der Waals surface area contributed by atoms with Crippen LogP contribution in [0.4, 0.5) is 0 Å². The number of rotatable bonds is 2. The van der Waals surface area contributed by atoms with Crippen molar-refractivity contribution in [2.75, 3.05) is 0 Å². The summed E-state index contributed by atoms with van der Waals surface area (Å²) in [5.74, 6) is 0. The summed E-state index contributed by atoms with van der Waals surface area (Å²) >= 11 is 0. The van der Waals surface area contributed by atoms with Crippen molar-refractivity contribution in [3.8, 4) is 22.4 Å². The Morgan fingerprint density at radius 3 is 2.82 bits per heavy atom. The summed E-state index contributed by atoms with van der Waals surface area (Å²) in [5, 5.41) is 0. The van der Waals surface area contributed by atoms with E-state index in [9.17, 15) is 0 Å². The second-order valence-corrected chi connectivity index (χ2v) is 5.41. The molecule has 0 radical (unpaired) electrons. The molecule has 0 unspecified atom stereocenters. The fourth-order valence-corrected chi connectivity index (χ4v) is 2.75. The first kappa shape index (κ1) is 12.8. The number of aromatic nitrogens is 3. The Balaban J connectivity index is 1.92. The van der Waals surface area contributed by atoms with Crippen molar-refractivity contribution >= 4 is 5.52 Å². The monoisotopic (exact) mass is 285 g/mol. The van der Waals surface area contributed by atoms with Gasteiger partial charge in [0.2, 0.25) is 0 Å². The van der Waals surface area contributed by atoms with E-state index < -0.39 is 0 Å². The van der Waals surface area contributed by atoms with Gasteiger partial charge < -0.3 is 4.40 Å². The number of imidazole rings is 1. The van der Waals surface area contributed by atoms with Crippen LogP contribution in [0.25, 0.3) is 27.9 Å². The van der Waals surface area contributed by atoms with Gasteiger partial charge in [-0.15, -0.1) is 0 Å². The fraction of sp³-hybridized carbons (Fsp3) is 0.0526. The van der Waals surface area contributed by atoms with Crippen LogP contribution in [0.3, 0.4) is 0 Å². The SMILES string of the molecule is Cc1cccc(-c2ncccc2-c2ccn3cncc3c2)c1. The van der Waals surface area contributed by atoms with Gasteiger partial charge in [-0.1, -0.05) is 29.8 Å². The van der Waals surface area contributed by atoms with Crippen molar-refractivity contribution in [2.45, 2.75) is 6.92 Å². The maximum atomic E-state index is 4.61. The molecule has 0 atom stereocenters. The summed E-state index contributed by atoms with van der Waals surface area (Å²) in [6, 6.07) is 16.8. The first-order valence-electron chi connectivity index (χ1n) is 7.25. The lowest BCUT2D eigenvalue weighted by Gasteiger charge is -2.10. The molecule has 1 aromatic carbocycles. The summed E-state index contributed by atoms with van der Waals surface area (Å²) < 4.78 is 2.01. The third-order valence-electron chi connectivity index (χ3n) is 3.82. The van der Waals surface area contributed by atoms with E-state index in [1.807, 2.05) is 35.4 Å². The van der Waals surface area contributed by atoms with Gasteiger partial charge in [-0.2, -0.15) is 0 Å². The van der Waals surface area contributed by atoms with Crippen molar-refractivity contribution in [1.29, 1.82) is 0 Å². The molecule has 0 aliphatic rings. The smallest absolute Gasteiger partial charge is 0.0991 e. The normalized spacial score (nSPS) is 11.0. The minimum Gasteiger partial charge on any atom is -0.306 e. The van der Waals surface area contributed by atoms with Crippen LogP contribution >= 0.6 is 0 Å². The molecule has 4 rings (SSSR count). The Kier molecular flexibility index (Phi) is 2.97. The largest absolute Gasteiger partial charge is 0.306 e. The van der Waals surface area contributed by atoms with E-state index in [1.165, 1.54) is 5.56 Å². The topological polar surface area (TPSA) is 30.2 Å². The summed E-state index contributed by atoms with van der Waals surface area (Å²) in [6.07, 6.45) is 7.55. The highest BCUT2D eigenvalue weighted by Gasteiger charge is 2.09. The summed E-state index contributed by atoms with van der Waals surface area (Å²) in [6.45, 7) is 2.10. The first-order valence-corrected chi connectivity index (χ1v) is 7.25. The molecule has 0 aliphatic carbocycles. The first-order chi connectivity index (χ1) is 10.8. The van der Waals surface area contributed by atoms with Gasteiger partial charge in [-0.3, -0.25) is 4.98 Å². The zero-order chi connectivity index (χ0) is 14.9. The number of hydrogen-bond acceptors (Lipinski definition) is 2. The van der Waals surface area contributed by atoms with Crippen molar-refractivity contribution in [1.82, 2.24) is 14.4 Å². The van der Waals surface area contributed by atoms with Crippen LogP contribution in [0.2, 0.25) is 0 Å². The van der Waals surface area contributed by atoms with Gasteiger partial charge in [0.15, 0.2) is 0 Å². The Labute approximate surface area is 128 Å². The lowest BCUT2D eigenvalue weighted by Crippen LogP contribution is -1.90. The van der Waals surface area contributed by atoms with Gasteiger partial charge in [0, 0.05) is 23.5 Å². The Morgan fingerprint density at radius 1 is 0.955 bits per heavy atom. The Bertz CT molecular complexity index is 953. The van der Waals surface area contributed by atoms with E-state index >= 15 is 0 Å². The second-order valence-electron chi connectivity index (χ2n) is 5.41. The highest BCUT2D eigenvalue weighted by Crippen LogP contribution is 2.31. The van der Waals surface area contributed by atoms with E-state index in [0.29, 0.717) is 0 Å². The Morgan fingerprint density at radius 2 is 1.91 bits per heavy atom. The minimum absolute atomic E-state index is 1.01. The zero-order valence-electron chi connectivity index (χ0n) is 12.3. The molecule has 0 amide bonds. The summed E-state index contributed by atoms with van der Waals surface area (Å²) in [4.78, 5) is 8.79. The van der Waals surface area contributed by atoms with Crippen molar-refractivity contribution in [3.63, 3.8) is 0 Å². The van der Waals surface area contributed by atoms with Gasteiger partial charge in [0.25, 0.3) is 0 Å². The quantitative estimate of drug-likeness (QED) is 0.547. The molecule has 0 bridgehead atoms. The van der Waals surface area contributed by atoms with Crippen LogP contribution in [0.1, 0.15) is 5.56 Å². The molecule has 0 N–H and O–H groups in total. The number of aryl methyl sites for hydroxylation is 1. The van der Waals surface area contributed by atoms with Crippen LogP contribution in [0.15, 0.2) is 73.4 Å². The molecule has 0 aliphatic heterocycles. The predicted molar refractivity (Wildman–Crippen MR) is 88.6 cm³/mol. The van der Waals surface area contributed by atoms with Gasteiger partial charge >= 0.3 is 0 Å². The molecule has 3 heterocycles. The average Bonchev–Trinajstić information content (AvgIpc) is 3.02. The van der Waals surface area contributed by atoms with E-state index in [2.05, 4.69) is 59.4 Å². The molecule has 0 fully saturated rings. The standard InChI is InChI=1S/C19H15N3/c1-14-4-2-5-16(10-14)19-18(6-3-8-21-19)15-7-9-22-13-20-12-17(22)11-15/h2-13H,1H3. The van der Waals surface area contributed by atoms with Gasteiger partial charge in [0.05, 0.1) is 23.7 Å². The van der Waals surface area contributed by atoms with E-state index in [0.717, 1.165) is 27.9 Å². The molecule has 3 heteroatoms. The summed E-state index contributed by atoms with van der Waals surface area (Å²) in [5.41, 5.74) is 6.75. The molecule has 0 saturated heterocycles. The molecule has 3 nitrogen and oxygen atoms in total. The molecule has 22 heavy (non-hydrogen) atoms. The van der Waals surface area contributed by atoms with Gasteiger partial charge in [-0.05, 0) is 36.8 Å². The molecular weight excluding hydrogens is 270 g/mol. The highest BCUT2D eigenvalue weighted by molar-refractivity contribution is 5.82. The third kappa shape index (κ3) is 2.17. The van der Waals surface area contributed by atoms with Crippen LogP contribution in [-0.2, 0) is 0 Å². The number of hydrogen-bond donors (Lipinski definition) is 0. The average molecular weight is 285 g/mol. The number of nitrogens with zero attached hydrogens (tertiary/aromatic N) is 3. The summed E-state index contributed by atoms with van der Waals surface area (Å²) in [7, 11) is 0. The lowest BCUT2D eigenvalue weighted by molar-refractivity contribution is 1.15. The van der Waals surface area contributed by atoms with Crippen LogP contribution in [0, 0.1) is 6.92 Å². The van der Waals surface area contributed by atoms with Crippen LogP contribution < -0.4 is 0 Å². The number of fused-ring (bicyclic) bond motifs is 1. The second kappa shape index (κ2) is 5.11. The van der Waals surface area contributed by atoms with Crippen LogP contribution in [0.5, 0.6) is 0 Å². The molecule has 3 aromatic heterocycles. The molecular formula is C19H15N3. The maximum absolute atomic E-state index is 4.61. The van der Waals surface area contributed by atoms with E-state index in [-0.39, 0.29) is 0 Å². The zero-order valence-corrected chi connectivity index (χ0v) is 12.3. The highest BCUT2D eigenvalue weighted by atomic mass is 15.0. The lowest BCUT2D eigenvalue weighted by atomic mass is 9.99. The molecule has 106 valence electrons. The molecule has 4 aromatic rings. The molecule has 0 spiro atoms. The van der Waals surface area contributed by atoms with Crippen molar-refractivity contribution in [3.05, 3.63) is 79.0 Å². The molecule has 0 saturated carbocycles. The van der Waals surface area contributed by atoms with E-state index in [4.69, 9.17) is 0 Å². The van der Waals surface area contributed by atoms with Gasteiger partial charge in [-0.25, -0.2) is 4.98 Å². The third-order valence-corrected chi connectivity index (χ3v) is 3.82. The van der Waals surface area contributed by atoms with Crippen molar-refractivity contribution in [2.24, 2.45) is 0 Å². The minimum atomic E-state index is 1.01. The van der Waals surface area contributed by atoms with Crippen molar-refractivity contribution < 1.29 is 0 Å². The number of benzene rings is 1.